The number of fused-ring (bicyclic) bond motifs is 1. The van der Waals surface area contributed by atoms with Crippen LogP contribution in [0.5, 0.6) is 0 Å². The van der Waals surface area contributed by atoms with Crippen LogP contribution >= 0.6 is 0 Å². The maximum atomic E-state index is 12.2. The largest absolute Gasteiger partial charge is 0.481 e. The average Bonchev–Trinajstić information content (AvgIpc) is 2.84. The molecule has 0 fully saturated rings. The van der Waals surface area contributed by atoms with E-state index in [4.69, 9.17) is 5.11 Å². The van der Waals surface area contributed by atoms with Gasteiger partial charge in [-0.3, -0.25) is 9.59 Å². The number of ketones is 1. The first-order valence-electron chi connectivity index (χ1n) is 6.69. The van der Waals surface area contributed by atoms with Crippen molar-refractivity contribution in [2.24, 2.45) is 0 Å². The number of hydrogen-bond acceptors (Lipinski definition) is 3. The lowest BCUT2D eigenvalue weighted by Crippen LogP contribution is -2.35. The number of carbonyl (C=O) groups excluding carboxylic acids is 1. The molecule has 1 atom stereocenters. The van der Waals surface area contributed by atoms with Crippen molar-refractivity contribution >= 4 is 11.8 Å². The highest BCUT2D eigenvalue weighted by molar-refractivity contribution is 6.00. The van der Waals surface area contributed by atoms with E-state index >= 15 is 0 Å². The molecule has 0 saturated heterocycles. The minimum absolute atomic E-state index is 0.0279. The van der Waals surface area contributed by atoms with E-state index in [1.54, 1.807) is 6.92 Å². The number of aliphatic carboxylic acids is 1. The summed E-state index contributed by atoms with van der Waals surface area (Å²) in [4.78, 5) is 22.6. The third-order valence-corrected chi connectivity index (χ3v) is 3.57. The molecule has 102 valence electrons. The molecule has 0 bridgehead atoms. The number of benzene rings is 1. The zero-order valence-electron chi connectivity index (χ0n) is 11.1. The third-order valence-electron chi connectivity index (χ3n) is 3.57. The monoisotopic (exact) mass is 261 g/mol. The van der Waals surface area contributed by atoms with Crippen LogP contribution in [0.3, 0.4) is 0 Å². The van der Waals surface area contributed by atoms with Gasteiger partial charge < -0.3 is 10.4 Å². The van der Waals surface area contributed by atoms with Crippen LogP contribution in [0.25, 0.3) is 0 Å². The van der Waals surface area contributed by atoms with Gasteiger partial charge in [0.05, 0.1) is 12.5 Å². The summed E-state index contributed by atoms with van der Waals surface area (Å²) in [5, 5.41) is 11.5. The molecule has 0 aromatic heterocycles. The van der Waals surface area contributed by atoms with Crippen molar-refractivity contribution < 1.29 is 14.7 Å². The molecule has 0 radical (unpaired) electrons. The minimum atomic E-state index is -0.857. The fourth-order valence-electron chi connectivity index (χ4n) is 2.46. The van der Waals surface area contributed by atoms with Crippen LogP contribution in [0.15, 0.2) is 18.2 Å². The zero-order chi connectivity index (χ0) is 13.8. The van der Waals surface area contributed by atoms with Gasteiger partial charge >= 0.3 is 5.97 Å². The van der Waals surface area contributed by atoms with Gasteiger partial charge in [-0.1, -0.05) is 12.1 Å². The molecule has 1 aromatic carbocycles. The van der Waals surface area contributed by atoms with Gasteiger partial charge in [-0.05, 0) is 43.4 Å². The lowest BCUT2D eigenvalue weighted by atomic mass is 10.0. The smallest absolute Gasteiger partial charge is 0.304 e. The maximum absolute atomic E-state index is 12.2. The Kier molecular flexibility index (Phi) is 4.32. The quantitative estimate of drug-likeness (QED) is 0.766. The first-order valence-corrected chi connectivity index (χ1v) is 6.69. The highest BCUT2D eigenvalue weighted by atomic mass is 16.4. The van der Waals surface area contributed by atoms with Gasteiger partial charge in [-0.2, -0.15) is 0 Å². The number of rotatable bonds is 6. The van der Waals surface area contributed by atoms with Crippen molar-refractivity contribution in [1.29, 1.82) is 0 Å². The normalized spacial score (nSPS) is 15.0. The van der Waals surface area contributed by atoms with E-state index in [0.29, 0.717) is 6.54 Å². The van der Waals surface area contributed by atoms with E-state index in [-0.39, 0.29) is 18.2 Å². The fourth-order valence-corrected chi connectivity index (χ4v) is 2.46. The zero-order valence-corrected chi connectivity index (χ0v) is 11.1. The Hall–Kier alpha value is -1.68. The van der Waals surface area contributed by atoms with Crippen molar-refractivity contribution in [3.63, 3.8) is 0 Å². The predicted octanol–water partition coefficient (Wildman–Crippen LogP) is 1.81. The molecule has 0 amide bonds. The Labute approximate surface area is 112 Å². The molecule has 1 aromatic rings. The molecule has 2 rings (SSSR count). The van der Waals surface area contributed by atoms with Crippen LogP contribution in [0.4, 0.5) is 0 Å². The van der Waals surface area contributed by atoms with Gasteiger partial charge in [0.1, 0.15) is 0 Å². The molecule has 0 spiro atoms. The van der Waals surface area contributed by atoms with E-state index in [1.165, 1.54) is 17.5 Å². The van der Waals surface area contributed by atoms with Gasteiger partial charge in [0.2, 0.25) is 0 Å². The van der Waals surface area contributed by atoms with Crippen LogP contribution < -0.4 is 5.32 Å². The van der Waals surface area contributed by atoms with Crippen LogP contribution in [-0.4, -0.2) is 29.4 Å². The highest BCUT2D eigenvalue weighted by Gasteiger charge is 2.18. The molecule has 4 heteroatoms. The standard InChI is InChI=1S/C15H19NO3/c1-10(16-8-7-14(17)18)15(19)13-6-5-11-3-2-4-12(11)9-13/h5-6,9-10,16H,2-4,7-8H2,1H3,(H,17,18). The van der Waals surface area contributed by atoms with Gasteiger partial charge in [0, 0.05) is 12.1 Å². The molecule has 0 saturated carbocycles. The Bertz CT molecular complexity index is 496. The van der Waals surface area contributed by atoms with Crippen molar-refractivity contribution in [2.45, 2.75) is 38.6 Å². The summed E-state index contributed by atoms with van der Waals surface area (Å²) in [6.45, 7) is 2.09. The van der Waals surface area contributed by atoms with Crippen LogP contribution in [0.1, 0.15) is 41.3 Å². The molecule has 4 nitrogen and oxygen atoms in total. The summed E-state index contributed by atoms with van der Waals surface area (Å²) in [5.74, 6) is -0.829. The van der Waals surface area contributed by atoms with E-state index in [0.717, 1.165) is 18.4 Å². The second kappa shape index (κ2) is 5.97. The average molecular weight is 261 g/mol. The molecule has 0 heterocycles. The number of carboxylic acids is 1. The number of hydrogen-bond donors (Lipinski definition) is 2. The second-order valence-corrected chi connectivity index (χ2v) is 5.02. The van der Waals surface area contributed by atoms with Crippen molar-refractivity contribution in [3.05, 3.63) is 34.9 Å². The summed E-state index contributed by atoms with van der Waals surface area (Å²) < 4.78 is 0. The number of Topliss-reactive ketones (excluding diaryl/α,β-unsaturated/α-hetero) is 1. The van der Waals surface area contributed by atoms with E-state index in [1.807, 2.05) is 18.2 Å². The first kappa shape index (κ1) is 13.7. The van der Waals surface area contributed by atoms with Gasteiger partial charge in [0.15, 0.2) is 5.78 Å². The predicted molar refractivity (Wildman–Crippen MR) is 72.5 cm³/mol. The molecule has 1 aliphatic carbocycles. The second-order valence-electron chi connectivity index (χ2n) is 5.02. The van der Waals surface area contributed by atoms with Crippen molar-refractivity contribution in [3.8, 4) is 0 Å². The third kappa shape index (κ3) is 3.41. The molecule has 1 aliphatic rings. The van der Waals surface area contributed by atoms with E-state index in [2.05, 4.69) is 5.32 Å². The number of carbonyl (C=O) groups is 2. The Morgan fingerprint density at radius 3 is 2.79 bits per heavy atom. The SMILES string of the molecule is CC(NCCC(=O)O)C(=O)c1ccc2c(c1)CCC2. The topological polar surface area (TPSA) is 66.4 Å². The highest BCUT2D eigenvalue weighted by Crippen LogP contribution is 2.23. The molecular weight excluding hydrogens is 242 g/mol. The molecule has 2 N–H and O–H groups in total. The molecular formula is C15H19NO3. The van der Waals surface area contributed by atoms with Crippen LogP contribution in [0.2, 0.25) is 0 Å². The van der Waals surface area contributed by atoms with Crippen molar-refractivity contribution in [2.75, 3.05) is 6.54 Å². The first-order chi connectivity index (χ1) is 9.08. The van der Waals surface area contributed by atoms with Crippen LogP contribution in [0, 0.1) is 0 Å². The lowest BCUT2D eigenvalue weighted by molar-refractivity contribution is -0.136. The summed E-state index contributed by atoms with van der Waals surface area (Å²) in [6, 6.07) is 5.56. The minimum Gasteiger partial charge on any atom is -0.481 e. The van der Waals surface area contributed by atoms with Gasteiger partial charge in [0.25, 0.3) is 0 Å². The molecule has 19 heavy (non-hydrogen) atoms. The van der Waals surface area contributed by atoms with Gasteiger partial charge in [-0.25, -0.2) is 0 Å². The Morgan fingerprint density at radius 2 is 2.05 bits per heavy atom. The molecule has 0 aliphatic heterocycles. The van der Waals surface area contributed by atoms with Gasteiger partial charge in [-0.15, -0.1) is 0 Å². The van der Waals surface area contributed by atoms with E-state index in [9.17, 15) is 9.59 Å². The summed E-state index contributed by atoms with van der Waals surface area (Å²) >= 11 is 0. The maximum Gasteiger partial charge on any atom is 0.304 e. The molecule has 1 unspecified atom stereocenters. The Morgan fingerprint density at radius 1 is 1.32 bits per heavy atom. The Balaban J connectivity index is 1.97. The number of carboxylic acid groups (broad SMARTS) is 1. The number of aryl methyl sites for hydroxylation is 2. The van der Waals surface area contributed by atoms with Crippen LogP contribution in [-0.2, 0) is 17.6 Å². The summed E-state index contributed by atoms with van der Waals surface area (Å²) in [7, 11) is 0. The van der Waals surface area contributed by atoms with E-state index < -0.39 is 5.97 Å². The summed E-state index contributed by atoms with van der Waals surface area (Å²) in [5.41, 5.74) is 3.35. The fraction of sp³-hybridized carbons (Fsp3) is 0.467. The lowest BCUT2D eigenvalue weighted by Gasteiger charge is -2.12. The van der Waals surface area contributed by atoms with Crippen molar-refractivity contribution in [1.82, 2.24) is 5.32 Å². The number of nitrogens with one attached hydrogen (secondary N) is 1. The summed E-state index contributed by atoms with van der Waals surface area (Å²) in [6.07, 6.45) is 3.36.